The number of benzene rings is 3. The number of carbonyl (C=O) groups excluding carboxylic acids is 2. The molecule has 1 unspecified atom stereocenters. The van der Waals surface area contributed by atoms with Gasteiger partial charge in [0.25, 0.3) is 15.9 Å². The molecule has 1 fully saturated rings. The highest BCUT2D eigenvalue weighted by Crippen LogP contribution is 2.33. The van der Waals surface area contributed by atoms with Gasteiger partial charge in [0.05, 0.1) is 22.7 Å². The monoisotopic (exact) mass is 695 g/mol. The number of nitrogens with zero attached hydrogens (tertiary/aromatic N) is 4. The summed E-state index contributed by atoms with van der Waals surface area (Å²) in [6.07, 6.45) is 3.23. The minimum atomic E-state index is -4.22. The Hall–Kier alpha value is -4.77. The number of carbonyl (C=O) groups is 2. The summed E-state index contributed by atoms with van der Waals surface area (Å²) in [5.74, 6) is -0.608. The quantitative estimate of drug-likeness (QED) is 0.240. The Kier molecular flexibility index (Phi) is 9.98. The predicted molar refractivity (Wildman–Crippen MR) is 193 cm³/mol. The minimum absolute atomic E-state index is 0.0213. The number of fused-ring (bicyclic) bond motifs is 4. The summed E-state index contributed by atoms with van der Waals surface area (Å²) in [6.45, 7) is 10.6. The van der Waals surface area contributed by atoms with Crippen LogP contribution >= 0.6 is 0 Å². The summed E-state index contributed by atoms with van der Waals surface area (Å²) >= 11 is 0. The maximum absolute atomic E-state index is 14.5. The van der Waals surface area contributed by atoms with Crippen LogP contribution < -0.4 is 9.46 Å². The molecule has 1 aromatic heterocycles. The summed E-state index contributed by atoms with van der Waals surface area (Å²) in [7, 11) is -4.22. The Morgan fingerprint density at radius 3 is 2.38 bits per heavy atom. The average Bonchev–Trinajstić information content (AvgIpc) is 3.08. The van der Waals surface area contributed by atoms with Gasteiger partial charge >= 0.3 is 0 Å². The normalized spacial score (nSPS) is 19.3. The molecular weight excluding hydrogens is 651 g/mol. The molecule has 4 aromatic rings. The van der Waals surface area contributed by atoms with E-state index >= 15 is 0 Å². The molecule has 0 radical (unpaired) electrons. The Morgan fingerprint density at radius 1 is 0.940 bits per heavy atom. The third kappa shape index (κ3) is 7.83. The molecule has 2 aliphatic heterocycles. The number of nitrogens with one attached hydrogen (secondary N) is 1. The van der Waals surface area contributed by atoms with Gasteiger partial charge in [-0.25, -0.2) is 18.1 Å². The Balaban J connectivity index is 1.45. The molecule has 6 rings (SSSR count). The van der Waals surface area contributed by atoms with Crippen molar-refractivity contribution < 1.29 is 22.7 Å². The van der Waals surface area contributed by atoms with E-state index in [0.717, 1.165) is 41.5 Å². The fourth-order valence-electron chi connectivity index (χ4n) is 7.03. The molecule has 4 bridgehead atoms. The van der Waals surface area contributed by atoms with E-state index in [1.807, 2.05) is 67.3 Å². The van der Waals surface area contributed by atoms with E-state index in [9.17, 15) is 18.0 Å². The number of sulfonamides is 1. The Morgan fingerprint density at radius 2 is 1.66 bits per heavy atom. The SMILES string of the molecule is Cc1cccc(C)c1-c1cc2nc(n1)NS(=O)(=O)c1cccc(c1)C(=O)N(CC(=O)N1CCCCC1c1ccccc1)[C@H](CC(C)(C)C)CO2. The number of piperidine rings is 1. The number of hydrogen-bond acceptors (Lipinski definition) is 7. The molecular formula is C39H45N5O5S. The van der Waals surface area contributed by atoms with Crippen molar-refractivity contribution in [2.45, 2.75) is 77.3 Å². The smallest absolute Gasteiger partial charge is 0.264 e. The molecule has 11 heteroatoms. The van der Waals surface area contributed by atoms with E-state index in [0.29, 0.717) is 18.7 Å². The lowest BCUT2D eigenvalue weighted by atomic mass is 9.87. The van der Waals surface area contributed by atoms with Crippen molar-refractivity contribution in [1.82, 2.24) is 19.8 Å². The highest BCUT2D eigenvalue weighted by Gasteiger charge is 2.35. The number of likely N-dealkylation sites (tertiary alicyclic amines) is 1. The van der Waals surface area contributed by atoms with Crippen LogP contribution in [0, 0.1) is 19.3 Å². The summed E-state index contributed by atoms with van der Waals surface area (Å²) in [5, 5.41) is 0. The number of aryl methyl sites for hydroxylation is 2. The van der Waals surface area contributed by atoms with E-state index < -0.39 is 22.0 Å². The van der Waals surface area contributed by atoms with Gasteiger partial charge in [-0.2, -0.15) is 4.98 Å². The molecule has 1 saturated heterocycles. The van der Waals surface area contributed by atoms with Crippen LogP contribution in [0.5, 0.6) is 5.88 Å². The molecule has 2 aliphatic rings. The number of rotatable bonds is 5. The number of ether oxygens (including phenoxy) is 1. The van der Waals surface area contributed by atoms with Crippen LogP contribution in [0.3, 0.4) is 0 Å². The fraction of sp³-hybridized carbons (Fsp3) is 0.385. The molecule has 50 heavy (non-hydrogen) atoms. The molecule has 3 aromatic carbocycles. The van der Waals surface area contributed by atoms with Gasteiger partial charge in [0.2, 0.25) is 17.7 Å². The summed E-state index contributed by atoms with van der Waals surface area (Å²) in [6, 6.07) is 22.8. The van der Waals surface area contributed by atoms with Gasteiger partial charge in [0.15, 0.2) is 0 Å². The fourth-order valence-corrected chi connectivity index (χ4v) is 8.02. The van der Waals surface area contributed by atoms with Crippen LogP contribution in [0.2, 0.25) is 0 Å². The van der Waals surface area contributed by atoms with Crippen molar-refractivity contribution in [3.63, 3.8) is 0 Å². The lowest BCUT2D eigenvalue weighted by Gasteiger charge is -2.40. The minimum Gasteiger partial charge on any atom is -0.475 e. The van der Waals surface area contributed by atoms with Crippen LogP contribution in [0.15, 0.2) is 83.8 Å². The highest BCUT2D eigenvalue weighted by molar-refractivity contribution is 7.92. The van der Waals surface area contributed by atoms with Crippen molar-refractivity contribution in [2.24, 2.45) is 5.41 Å². The summed E-state index contributed by atoms with van der Waals surface area (Å²) < 4.78 is 36.4. The number of hydrogen-bond donors (Lipinski definition) is 1. The van der Waals surface area contributed by atoms with Crippen LogP contribution in [0.25, 0.3) is 11.3 Å². The largest absolute Gasteiger partial charge is 0.475 e. The molecule has 10 nitrogen and oxygen atoms in total. The third-order valence-corrected chi connectivity index (χ3v) is 10.7. The van der Waals surface area contributed by atoms with Crippen LogP contribution in [0.1, 0.15) is 79.5 Å². The highest BCUT2D eigenvalue weighted by atomic mass is 32.2. The molecule has 1 N–H and O–H groups in total. The van der Waals surface area contributed by atoms with Crippen molar-refractivity contribution in [3.05, 3.63) is 101 Å². The van der Waals surface area contributed by atoms with Crippen LogP contribution in [0.4, 0.5) is 5.95 Å². The van der Waals surface area contributed by atoms with E-state index in [1.54, 1.807) is 17.0 Å². The van der Waals surface area contributed by atoms with Gasteiger partial charge in [-0.3, -0.25) is 9.59 Å². The van der Waals surface area contributed by atoms with Crippen LogP contribution in [-0.4, -0.2) is 65.7 Å². The van der Waals surface area contributed by atoms with Crippen molar-refractivity contribution in [2.75, 3.05) is 24.4 Å². The number of aromatic nitrogens is 2. The first-order valence-electron chi connectivity index (χ1n) is 17.2. The lowest BCUT2D eigenvalue weighted by molar-refractivity contribution is -0.136. The molecule has 262 valence electrons. The van der Waals surface area contributed by atoms with Gasteiger partial charge in [0, 0.05) is 23.7 Å². The van der Waals surface area contributed by atoms with Gasteiger partial charge < -0.3 is 14.5 Å². The maximum Gasteiger partial charge on any atom is 0.264 e. The van der Waals surface area contributed by atoms with Crippen molar-refractivity contribution in [1.29, 1.82) is 0 Å². The van der Waals surface area contributed by atoms with Crippen LogP contribution in [-0.2, 0) is 14.8 Å². The van der Waals surface area contributed by atoms with E-state index in [1.165, 1.54) is 18.2 Å². The van der Waals surface area contributed by atoms with E-state index in [-0.39, 0.29) is 52.8 Å². The zero-order valence-electron chi connectivity index (χ0n) is 29.3. The third-order valence-electron chi connectivity index (χ3n) is 9.34. The zero-order valence-corrected chi connectivity index (χ0v) is 30.2. The Labute approximate surface area is 295 Å². The van der Waals surface area contributed by atoms with E-state index in [4.69, 9.17) is 4.74 Å². The van der Waals surface area contributed by atoms with Crippen molar-refractivity contribution in [3.8, 4) is 17.1 Å². The zero-order chi connectivity index (χ0) is 35.6. The molecule has 0 aliphatic carbocycles. The number of amides is 2. The molecule has 3 heterocycles. The summed E-state index contributed by atoms with van der Waals surface area (Å²) in [5.41, 5.74) is 4.22. The molecule has 0 saturated carbocycles. The van der Waals surface area contributed by atoms with E-state index in [2.05, 4.69) is 35.5 Å². The molecule has 0 spiro atoms. The second-order valence-electron chi connectivity index (χ2n) is 14.5. The predicted octanol–water partition coefficient (Wildman–Crippen LogP) is 6.95. The van der Waals surface area contributed by atoms with Crippen molar-refractivity contribution >= 4 is 27.8 Å². The lowest BCUT2D eigenvalue weighted by Crippen LogP contribution is -2.51. The second-order valence-corrected chi connectivity index (χ2v) is 16.2. The second kappa shape index (κ2) is 14.2. The first-order chi connectivity index (χ1) is 23.8. The topological polar surface area (TPSA) is 122 Å². The van der Waals surface area contributed by atoms with Gasteiger partial charge in [-0.15, -0.1) is 0 Å². The molecule has 2 amide bonds. The first-order valence-corrected chi connectivity index (χ1v) is 18.6. The molecule has 2 atom stereocenters. The van der Waals surface area contributed by atoms with Gasteiger partial charge in [-0.05, 0) is 79.8 Å². The maximum atomic E-state index is 14.5. The first kappa shape index (κ1) is 35.1. The van der Waals surface area contributed by atoms with Gasteiger partial charge in [0.1, 0.15) is 13.2 Å². The standard InChI is InChI=1S/C39H45N5O5S/c1-26-13-11-14-27(2)36(26)32-22-34-41-38(40-32)42-50(47,48)31-18-12-17-29(21-31)37(46)44(30(25-49-34)23-39(3,4)5)24-35(45)43-20-10-9-19-33(43)28-15-7-6-8-16-28/h6-8,11-18,21-22,30,33H,9-10,19-20,23-25H2,1-5H3,(H,40,41,42)/t30-,33?/m1/s1. The summed E-state index contributed by atoms with van der Waals surface area (Å²) in [4.78, 5) is 41.3. The Bertz CT molecular complexity index is 1970. The number of anilines is 1. The average molecular weight is 696 g/mol. The van der Waals surface area contributed by atoms with Gasteiger partial charge in [-0.1, -0.05) is 75.4 Å².